The van der Waals surface area contributed by atoms with Crippen LogP contribution in [0.1, 0.15) is 56.6 Å². The van der Waals surface area contributed by atoms with Crippen LogP contribution in [-0.2, 0) is 13.1 Å². The summed E-state index contributed by atoms with van der Waals surface area (Å²) in [6.45, 7) is 4.47. The summed E-state index contributed by atoms with van der Waals surface area (Å²) in [5.74, 6) is 1.86. The highest BCUT2D eigenvalue weighted by molar-refractivity contribution is 6.09. The second kappa shape index (κ2) is 10.9. The number of para-hydroxylation sites is 1. The first-order valence-electron chi connectivity index (χ1n) is 13.4. The summed E-state index contributed by atoms with van der Waals surface area (Å²) in [6, 6.07) is 14.6. The summed E-state index contributed by atoms with van der Waals surface area (Å²) in [6.07, 6.45) is 6.50. The average molecular weight is 503 g/mol. The van der Waals surface area contributed by atoms with Crippen LogP contribution in [0.5, 0.6) is 5.75 Å². The van der Waals surface area contributed by atoms with Gasteiger partial charge in [-0.05, 0) is 43.0 Å². The number of aromatic nitrogens is 3. The molecule has 0 spiro atoms. The Morgan fingerprint density at radius 3 is 2.70 bits per heavy atom. The molecule has 0 bridgehead atoms. The minimum Gasteiger partial charge on any atom is -0.496 e. The summed E-state index contributed by atoms with van der Waals surface area (Å²) in [4.78, 5) is 9.24. The largest absolute Gasteiger partial charge is 0.496 e. The minimum atomic E-state index is -0.163. The van der Waals surface area contributed by atoms with Crippen molar-refractivity contribution in [2.24, 2.45) is 0 Å². The Morgan fingerprint density at radius 2 is 1.95 bits per heavy atom. The second-order valence-electron chi connectivity index (χ2n) is 10.2. The Morgan fingerprint density at radius 1 is 1.14 bits per heavy atom. The van der Waals surface area contributed by atoms with E-state index in [2.05, 4.69) is 56.4 Å². The molecule has 1 fully saturated rings. The van der Waals surface area contributed by atoms with Gasteiger partial charge in [0.2, 0.25) is 5.95 Å². The predicted molar refractivity (Wildman–Crippen MR) is 150 cm³/mol. The highest BCUT2D eigenvalue weighted by atomic mass is 16.5. The van der Waals surface area contributed by atoms with Crippen molar-refractivity contribution in [3.05, 3.63) is 53.6 Å². The van der Waals surface area contributed by atoms with Crippen LogP contribution < -0.4 is 21.1 Å². The molecule has 4 aromatic rings. The maximum Gasteiger partial charge on any atom is 0.222 e. The lowest BCUT2D eigenvalue weighted by atomic mass is 9.98. The molecule has 8 nitrogen and oxygen atoms in total. The molecule has 1 aliphatic rings. The van der Waals surface area contributed by atoms with Crippen LogP contribution in [0.25, 0.3) is 21.9 Å². The molecule has 1 aliphatic carbocycles. The number of anilines is 2. The van der Waals surface area contributed by atoms with Crippen molar-refractivity contribution < 1.29 is 9.84 Å². The van der Waals surface area contributed by atoms with Crippen LogP contribution in [-0.4, -0.2) is 45.4 Å². The van der Waals surface area contributed by atoms with Crippen LogP contribution in [0.4, 0.5) is 11.8 Å². The van der Waals surface area contributed by atoms with Gasteiger partial charge in [0.05, 0.1) is 25.8 Å². The fraction of sp³-hybridized carbons (Fsp3) is 0.448. The van der Waals surface area contributed by atoms with Gasteiger partial charge in [-0.3, -0.25) is 0 Å². The number of unbranched alkanes of at least 4 members (excludes halogenated alkanes) is 1. The summed E-state index contributed by atoms with van der Waals surface area (Å²) < 4.78 is 8.04. The zero-order chi connectivity index (χ0) is 25.8. The number of nitrogens with zero attached hydrogens (tertiary/aromatic N) is 3. The molecule has 37 heavy (non-hydrogen) atoms. The van der Waals surface area contributed by atoms with E-state index in [1.165, 1.54) is 0 Å². The maximum absolute atomic E-state index is 10.0. The summed E-state index contributed by atoms with van der Waals surface area (Å²) in [5, 5.41) is 18.2. The third-order valence-electron chi connectivity index (χ3n) is 7.65. The van der Waals surface area contributed by atoms with Crippen LogP contribution in [0.15, 0.2) is 42.5 Å². The lowest BCUT2D eigenvalue weighted by Crippen LogP contribution is -2.45. The number of benzene rings is 2. The molecule has 0 atom stereocenters. The smallest absolute Gasteiger partial charge is 0.222 e. The van der Waals surface area contributed by atoms with Crippen LogP contribution in [0.3, 0.4) is 0 Å². The third kappa shape index (κ3) is 5.08. The molecule has 0 saturated heterocycles. The SMILES string of the molecule is CCCCNc1nc(N)nc2c3ccccc3n(Cc3cc(CNC4(CO)CCCC4)ccc3OC)c12. The molecule has 0 unspecified atom stereocenters. The standard InChI is InChI=1S/C29H38N6O2/c1-3-4-15-31-27-26-25(33-28(30)34-27)22-9-5-6-10-23(22)35(26)18-21-16-20(11-12-24(21)37-2)17-32-29(19-36)13-7-8-14-29/h5-6,9-12,16,32,36H,3-4,7-8,13-15,17-19H2,1-2H3,(H3,30,31,33,34). The zero-order valence-corrected chi connectivity index (χ0v) is 21.9. The van der Waals surface area contributed by atoms with Gasteiger partial charge in [-0.25, -0.2) is 4.98 Å². The van der Waals surface area contributed by atoms with Gasteiger partial charge in [0, 0.05) is 29.6 Å². The Kier molecular flexibility index (Phi) is 7.48. The molecule has 0 amide bonds. The van der Waals surface area contributed by atoms with Crippen LogP contribution in [0, 0.1) is 0 Å². The van der Waals surface area contributed by atoms with E-state index in [-0.39, 0.29) is 18.1 Å². The zero-order valence-electron chi connectivity index (χ0n) is 21.9. The molecule has 1 saturated carbocycles. The second-order valence-corrected chi connectivity index (χ2v) is 10.2. The average Bonchev–Trinajstić information content (AvgIpc) is 3.52. The van der Waals surface area contributed by atoms with E-state index in [0.717, 1.165) is 89.7 Å². The molecule has 2 aromatic heterocycles. The number of aliphatic hydroxyl groups is 1. The van der Waals surface area contributed by atoms with Crippen molar-refractivity contribution in [1.82, 2.24) is 19.9 Å². The number of nitrogens with one attached hydrogen (secondary N) is 2. The maximum atomic E-state index is 10.0. The summed E-state index contributed by atoms with van der Waals surface area (Å²) in [5.41, 5.74) is 11.1. The van der Waals surface area contributed by atoms with Gasteiger partial charge in [-0.2, -0.15) is 4.98 Å². The molecule has 8 heteroatoms. The lowest BCUT2D eigenvalue weighted by Gasteiger charge is -2.28. The number of nitrogens with two attached hydrogens (primary N) is 1. The number of hydrogen-bond donors (Lipinski definition) is 4. The number of methoxy groups -OCH3 is 1. The Hall–Kier alpha value is -3.36. The van der Waals surface area contributed by atoms with E-state index in [1.54, 1.807) is 7.11 Å². The van der Waals surface area contributed by atoms with E-state index < -0.39 is 0 Å². The molecular formula is C29H38N6O2. The van der Waals surface area contributed by atoms with Gasteiger partial charge in [-0.15, -0.1) is 0 Å². The summed E-state index contributed by atoms with van der Waals surface area (Å²) in [7, 11) is 1.71. The molecule has 5 rings (SSSR count). The van der Waals surface area contributed by atoms with Crippen molar-refractivity contribution in [1.29, 1.82) is 0 Å². The highest BCUT2D eigenvalue weighted by Gasteiger charge is 2.32. The molecule has 2 aromatic carbocycles. The first-order valence-corrected chi connectivity index (χ1v) is 13.4. The van der Waals surface area contributed by atoms with E-state index in [0.29, 0.717) is 13.1 Å². The van der Waals surface area contributed by atoms with E-state index in [1.807, 2.05) is 18.2 Å². The van der Waals surface area contributed by atoms with E-state index >= 15 is 0 Å². The van der Waals surface area contributed by atoms with Crippen molar-refractivity contribution >= 4 is 33.7 Å². The van der Waals surface area contributed by atoms with Gasteiger partial charge in [-0.1, -0.05) is 50.5 Å². The Balaban J connectivity index is 1.55. The van der Waals surface area contributed by atoms with Crippen LogP contribution in [0.2, 0.25) is 0 Å². The van der Waals surface area contributed by atoms with Gasteiger partial charge >= 0.3 is 0 Å². The fourth-order valence-electron chi connectivity index (χ4n) is 5.58. The Labute approximate surface area is 218 Å². The first-order chi connectivity index (χ1) is 18.1. The van der Waals surface area contributed by atoms with Crippen molar-refractivity contribution in [3.8, 4) is 5.75 Å². The summed E-state index contributed by atoms with van der Waals surface area (Å²) >= 11 is 0. The number of hydrogen-bond acceptors (Lipinski definition) is 7. The minimum absolute atomic E-state index is 0.163. The third-order valence-corrected chi connectivity index (χ3v) is 7.65. The van der Waals surface area contributed by atoms with Gasteiger partial charge in [0.25, 0.3) is 0 Å². The van der Waals surface area contributed by atoms with Gasteiger partial charge < -0.3 is 30.8 Å². The molecule has 196 valence electrons. The molecule has 2 heterocycles. The van der Waals surface area contributed by atoms with E-state index in [4.69, 9.17) is 10.5 Å². The van der Waals surface area contributed by atoms with Crippen molar-refractivity contribution in [2.45, 2.75) is 64.1 Å². The monoisotopic (exact) mass is 502 g/mol. The lowest BCUT2D eigenvalue weighted by molar-refractivity contribution is 0.163. The number of rotatable bonds is 11. The number of ether oxygens (including phenoxy) is 1. The number of fused-ring (bicyclic) bond motifs is 3. The van der Waals surface area contributed by atoms with Gasteiger partial charge in [0.1, 0.15) is 16.8 Å². The predicted octanol–water partition coefficient (Wildman–Crippen LogP) is 4.83. The fourth-order valence-corrected chi connectivity index (χ4v) is 5.58. The van der Waals surface area contributed by atoms with Crippen molar-refractivity contribution in [3.63, 3.8) is 0 Å². The van der Waals surface area contributed by atoms with Crippen LogP contribution >= 0.6 is 0 Å². The molecule has 5 N–H and O–H groups in total. The molecule has 0 radical (unpaired) electrons. The number of nitrogen functional groups attached to an aromatic ring is 1. The van der Waals surface area contributed by atoms with Crippen molar-refractivity contribution in [2.75, 3.05) is 31.3 Å². The van der Waals surface area contributed by atoms with Gasteiger partial charge in [0.15, 0.2) is 5.82 Å². The molecule has 0 aliphatic heterocycles. The number of aliphatic hydroxyl groups excluding tert-OH is 1. The highest BCUT2D eigenvalue weighted by Crippen LogP contribution is 2.34. The Bertz CT molecular complexity index is 1380. The molecular weight excluding hydrogens is 464 g/mol. The topological polar surface area (TPSA) is 110 Å². The van der Waals surface area contributed by atoms with E-state index in [9.17, 15) is 5.11 Å². The quantitative estimate of drug-likeness (QED) is 0.217. The normalized spacial score (nSPS) is 15.0. The first kappa shape index (κ1) is 25.3.